The van der Waals surface area contributed by atoms with E-state index in [4.69, 9.17) is 9.72 Å². The highest BCUT2D eigenvalue weighted by molar-refractivity contribution is 5.70. The van der Waals surface area contributed by atoms with E-state index in [-0.39, 0.29) is 17.6 Å². The molecule has 3 aliphatic heterocycles. The molecule has 1 unspecified atom stereocenters. The van der Waals surface area contributed by atoms with Gasteiger partial charge in [0.05, 0.1) is 11.7 Å². The van der Waals surface area contributed by atoms with Crippen molar-refractivity contribution in [3.8, 4) is 0 Å². The third-order valence-corrected chi connectivity index (χ3v) is 6.78. The van der Waals surface area contributed by atoms with Crippen molar-refractivity contribution >= 4 is 11.9 Å². The molecule has 0 bridgehead atoms. The van der Waals surface area contributed by atoms with E-state index in [0.717, 1.165) is 76.7 Å². The van der Waals surface area contributed by atoms with Crippen molar-refractivity contribution in [2.75, 3.05) is 57.3 Å². The van der Waals surface area contributed by atoms with Gasteiger partial charge in [0.2, 0.25) is 0 Å². The van der Waals surface area contributed by atoms with Crippen LogP contribution < -0.4 is 10.2 Å². The maximum atomic E-state index is 13.0. The molecule has 1 spiro atoms. The molecule has 3 fully saturated rings. The molecule has 166 valence electrons. The van der Waals surface area contributed by atoms with Crippen LogP contribution in [0, 0.1) is 5.41 Å². The van der Waals surface area contributed by atoms with Gasteiger partial charge < -0.3 is 19.9 Å². The van der Waals surface area contributed by atoms with Crippen molar-refractivity contribution in [1.82, 2.24) is 20.1 Å². The van der Waals surface area contributed by atoms with Crippen LogP contribution in [-0.2, 0) is 4.74 Å². The van der Waals surface area contributed by atoms with Gasteiger partial charge in [-0.25, -0.2) is 9.78 Å². The molecule has 4 rings (SSSR count). The van der Waals surface area contributed by atoms with Crippen molar-refractivity contribution in [2.24, 2.45) is 5.41 Å². The zero-order chi connectivity index (χ0) is 21.4. The first-order chi connectivity index (χ1) is 14.3. The van der Waals surface area contributed by atoms with Gasteiger partial charge in [-0.3, -0.25) is 4.90 Å². The molecule has 1 aromatic heterocycles. The van der Waals surface area contributed by atoms with E-state index in [0.29, 0.717) is 0 Å². The maximum absolute atomic E-state index is 13.0. The standard InChI is InChI=1S/C23H37N5O2/c1-5-26-13-15-27(16-14-26)19-8-6-7-18(25-19)20-23(9-11-24-12-10-23)17-28(20)21(29)30-22(2,3)4/h6-8,20,24H,5,9-17H2,1-4H3. The van der Waals surface area contributed by atoms with Gasteiger partial charge in [0, 0.05) is 38.1 Å². The van der Waals surface area contributed by atoms with Gasteiger partial charge >= 0.3 is 6.09 Å². The zero-order valence-electron chi connectivity index (χ0n) is 19.0. The average Bonchev–Trinajstić information content (AvgIpc) is 2.72. The number of piperidine rings is 1. The first-order valence-electron chi connectivity index (χ1n) is 11.5. The second-order valence-electron chi connectivity index (χ2n) is 9.97. The lowest BCUT2D eigenvalue weighted by molar-refractivity contribution is -0.0986. The lowest BCUT2D eigenvalue weighted by atomic mass is 9.64. The Morgan fingerprint density at radius 3 is 2.53 bits per heavy atom. The highest BCUT2D eigenvalue weighted by Crippen LogP contribution is 2.54. The summed E-state index contributed by atoms with van der Waals surface area (Å²) in [7, 11) is 0. The number of rotatable bonds is 3. The van der Waals surface area contributed by atoms with Crippen LogP contribution in [0.5, 0.6) is 0 Å². The molecule has 0 aliphatic carbocycles. The Morgan fingerprint density at radius 1 is 1.20 bits per heavy atom. The fourth-order valence-corrected chi connectivity index (χ4v) is 5.12. The number of carbonyl (C=O) groups excluding carboxylic acids is 1. The number of nitrogens with one attached hydrogen (secondary N) is 1. The van der Waals surface area contributed by atoms with Crippen LogP contribution in [0.2, 0.25) is 0 Å². The van der Waals surface area contributed by atoms with Gasteiger partial charge in [-0.2, -0.15) is 0 Å². The first-order valence-corrected chi connectivity index (χ1v) is 11.5. The summed E-state index contributed by atoms with van der Waals surface area (Å²) in [5, 5.41) is 3.47. The van der Waals surface area contributed by atoms with Gasteiger partial charge in [0.15, 0.2) is 0 Å². The molecule has 7 nitrogen and oxygen atoms in total. The molecule has 4 heterocycles. The highest BCUT2D eigenvalue weighted by Gasteiger charge is 2.56. The van der Waals surface area contributed by atoms with E-state index >= 15 is 0 Å². The van der Waals surface area contributed by atoms with E-state index < -0.39 is 5.60 Å². The first kappa shape index (κ1) is 21.4. The molecule has 1 atom stereocenters. The van der Waals surface area contributed by atoms with Crippen LogP contribution >= 0.6 is 0 Å². The molecular weight excluding hydrogens is 378 g/mol. The summed E-state index contributed by atoms with van der Waals surface area (Å²) >= 11 is 0. The number of piperazine rings is 1. The quantitative estimate of drug-likeness (QED) is 0.819. The number of likely N-dealkylation sites (N-methyl/N-ethyl adjacent to an activating group) is 1. The Labute approximate surface area is 180 Å². The van der Waals surface area contributed by atoms with Crippen LogP contribution in [0.25, 0.3) is 0 Å². The van der Waals surface area contributed by atoms with Crippen LogP contribution in [0.3, 0.4) is 0 Å². The van der Waals surface area contributed by atoms with Gasteiger partial charge in [0.1, 0.15) is 11.4 Å². The van der Waals surface area contributed by atoms with Gasteiger partial charge in [-0.05, 0) is 65.4 Å². The Balaban J connectivity index is 1.57. The minimum Gasteiger partial charge on any atom is -0.444 e. The van der Waals surface area contributed by atoms with Gasteiger partial charge in [-0.15, -0.1) is 0 Å². The Kier molecular flexibility index (Phi) is 5.95. The minimum absolute atomic E-state index is 0.00803. The largest absolute Gasteiger partial charge is 0.444 e. The van der Waals surface area contributed by atoms with Crippen molar-refractivity contribution in [1.29, 1.82) is 0 Å². The molecule has 3 saturated heterocycles. The lowest BCUT2D eigenvalue weighted by Crippen LogP contribution is -2.64. The minimum atomic E-state index is -0.493. The number of carbonyl (C=O) groups is 1. The summed E-state index contributed by atoms with van der Waals surface area (Å²) in [4.78, 5) is 24.8. The van der Waals surface area contributed by atoms with Crippen molar-refractivity contribution in [2.45, 2.75) is 52.2 Å². The zero-order valence-corrected chi connectivity index (χ0v) is 19.0. The molecular formula is C23H37N5O2. The lowest BCUT2D eigenvalue weighted by Gasteiger charge is -2.58. The maximum Gasteiger partial charge on any atom is 0.410 e. The number of anilines is 1. The van der Waals surface area contributed by atoms with E-state index in [1.54, 1.807) is 0 Å². The summed E-state index contributed by atoms with van der Waals surface area (Å²) in [6, 6.07) is 6.30. The van der Waals surface area contributed by atoms with Crippen LogP contribution in [0.1, 0.15) is 52.3 Å². The molecule has 0 saturated carbocycles. The number of nitrogens with zero attached hydrogens (tertiary/aromatic N) is 4. The molecule has 0 radical (unpaired) electrons. The molecule has 0 aromatic carbocycles. The molecule has 1 amide bonds. The summed E-state index contributed by atoms with van der Waals surface area (Å²) in [6.07, 6.45) is 1.91. The topological polar surface area (TPSA) is 60.9 Å². The van der Waals surface area contributed by atoms with Crippen molar-refractivity contribution < 1.29 is 9.53 Å². The van der Waals surface area contributed by atoms with Crippen LogP contribution in [0.4, 0.5) is 10.6 Å². The summed E-state index contributed by atoms with van der Waals surface area (Å²) in [6.45, 7) is 16.0. The number of amides is 1. The van der Waals surface area contributed by atoms with Crippen molar-refractivity contribution in [3.63, 3.8) is 0 Å². The Morgan fingerprint density at radius 2 is 1.90 bits per heavy atom. The summed E-state index contributed by atoms with van der Waals surface area (Å²) < 4.78 is 5.73. The SMILES string of the molecule is CCN1CCN(c2cccc(C3N(C(=O)OC(C)(C)C)CC34CCNCC4)n2)CC1. The number of ether oxygens (including phenoxy) is 1. The second-order valence-corrected chi connectivity index (χ2v) is 9.97. The summed E-state index contributed by atoms with van der Waals surface area (Å²) in [5.74, 6) is 1.03. The smallest absolute Gasteiger partial charge is 0.410 e. The van der Waals surface area contributed by atoms with Gasteiger partial charge in [-0.1, -0.05) is 13.0 Å². The molecule has 3 aliphatic rings. The monoisotopic (exact) mass is 415 g/mol. The van der Waals surface area contributed by atoms with E-state index in [1.807, 2.05) is 25.7 Å². The number of pyridine rings is 1. The highest BCUT2D eigenvalue weighted by atomic mass is 16.6. The van der Waals surface area contributed by atoms with E-state index in [9.17, 15) is 4.79 Å². The second kappa shape index (κ2) is 8.35. The fraction of sp³-hybridized carbons (Fsp3) is 0.739. The number of aromatic nitrogens is 1. The predicted molar refractivity (Wildman–Crippen MR) is 119 cm³/mol. The average molecular weight is 416 g/mol. The molecule has 30 heavy (non-hydrogen) atoms. The van der Waals surface area contributed by atoms with E-state index in [2.05, 4.69) is 40.2 Å². The fourth-order valence-electron chi connectivity index (χ4n) is 5.12. The Hall–Kier alpha value is -1.86. The summed E-state index contributed by atoms with van der Waals surface area (Å²) in [5.41, 5.74) is 0.617. The third-order valence-electron chi connectivity index (χ3n) is 6.78. The van der Waals surface area contributed by atoms with E-state index in [1.165, 1.54) is 0 Å². The Bertz CT molecular complexity index is 748. The van der Waals surface area contributed by atoms with Gasteiger partial charge in [0.25, 0.3) is 0 Å². The molecule has 7 heteroatoms. The van der Waals surface area contributed by atoms with Crippen LogP contribution in [-0.4, -0.2) is 78.8 Å². The van der Waals surface area contributed by atoms with Crippen molar-refractivity contribution in [3.05, 3.63) is 23.9 Å². The number of hydrogen-bond acceptors (Lipinski definition) is 6. The molecule has 1 aromatic rings. The molecule has 1 N–H and O–H groups in total. The van der Waals surface area contributed by atoms with Crippen LogP contribution in [0.15, 0.2) is 18.2 Å². The third kappa shape index (κ3) is 4.28. The predicted octanol–water partition coefficient (Wildman–Crippen LogP) is 2.89. The number of hydrogen-bond donors (Lipinski definition) is 1. The number of likely N-dealkylation sites (tertiary alicyclic amines) is 1. The normalized spacial score (nSPS) is 24.6.